The molecule has 96 valence electrons. The number of pyridine rings is 1. The summed E-state index contributed by atoms with van der Waals surface area (Å²) in [6.45, 7) is 5.03. The molecule has 5 heteroatoms. The Labute approximate surface area is 107 Å². The lowest BCUT2D eigenvalue weighted by molar-refractivity contribution is 0.624. The molecule has 0 saturated carbocycles. The first-order valence-corrected chi connectivity index (χ1v) is 6.21. The molecule has 1 unspecified atom stereocenters. The third-order valence-corrected chi connectivity index (χ3v) is 3.11. The van der Waals surface area contributed by atoms with Crippen molar-refractivity contribution in [2.45, 2.75) is 32.9 Å². The minimum atomic E-state index is -0.0387. The fourth-order valence-electron chi connectivity index (χ4n) is 2.08. The Morgan fingerprint density at radius 3 is 2.83 bits per heavy atom. The Morgan fingerprint density at radius 2 is 2.22 bits per heavy atom. The normalized spacial score (nSPS) is 12.6. The lowest BCUT2D eigenvalue weighted by atomic mass is 9.97. The molecule has 2 heterocycles. The van der Waals surface area contributed by atoms with Crippen LogP contribution in [0, 0.1) is 0 Å². The van der Waals surface area contributed by atoms with Crippen LogP contribution in [0.5, 0.6) is 0 Å². The van der Waals surface area contributed by atoms with E-state index in [1.807, 2.05) is 29.3 Å². The summed E-state index contributed by atoms with van der Waals surface area (Å²) in [7, 11) is 0. The molecule has 0 fully saturated rings. The van der Waals surface area contributed by atoms with Gasteiger partial charge in [0.05, 0.1) is 12.2 Å². The Bertz CT molecular complexity index is 506. The smallest absolute Gasteiger partial charge is 0.0744 e. The highest BCUT2D eigenvalue weighted by atomic mass is 15.3. The largest absolute Gasteiger partial charge is 0.273 e. The molecule has 0 aromatic carbocycles. The fourth-order valence-corrected chi connectivity index (χ4v) is 2.08. The number of aromatic nitrogens is 3. The molecule has 0 bridgehead atoms. The van der Waals surface area contributed by atoms with E-state index in [1.54, 1.807) is 6.20 Å². The highest BCUT2D eigenvalue weighted by Crippen LogP contribution is 2.23. The molecule has 0 amide bonds. The van der Waals surface area contributed by atoms with E-state index in [9.17, 15) is 0 Å². The van der Waals surface area contributed by atoms with Crippen LogP contribution in [-0.2, 0) is 13.0 Å². The molecule has 0 aliphatic carbocycles. The summed E-state index contributed by atoms with van der Waals surface area (Å²) in [5, 5.41) is 4.29. The van der Waals surface area contributed by atoms with Crippen LogP contribution in [0.15, 0.2) is 30.9 Å². The molecule has 0 radical (unpaired) electrons. The Hall–Kier alpha value is -1.72. The standard InChI is InChI=1S/C13H19N5/c1-3-10-7-15-6-5-12(10)13(17-14)11-8-16-18(4-2)9-11/h5-9,13,17H,3-4,14H2,1-2H3. The predicted octanol–water partition coefficient (Wildman–Crippen LogP) is 1.41. The third kappa shape index (κ3) is 2.42. The van der Waals surface area contributed by atoms with Crippen LogP contribution in [0.4, 0.5) is 0 Å². The number of rotatable bonds is 5. The molecule has 2 aromatic heterocycles. The second-order valence-corrected chi connectivity index (χ2v) is 4.16. The van der Waals surface area contributed by atoms with Crippen molar-refractivity contribution in [3.63, 3.8) is 0 Å². The summed E-state index contributed by atoms with van der Waals surface area (Å²) in [5.74, 6) is 5.70. The molecule has 2 aromatic rings. The SMILES string of the molecule is CCc1cnccc1C(NN)c1cnn(CC)c1. The van der Waals surface area contributed by atoms with E-state index in [-0.39, 0.29) is 6.04 Å². The summed E-state index contributed by atoms with van der Waals surface area (Å²) in [6, 6.07) is 1.97. The maximum atomic E-state index is 5.70. The first-order chi connectivity index (χ1) is 8.80. The highest BCUT2D eigenvalue weighted by molar-refractivity contribution is 5.33. The summed E-state index contributed by atoms with van der Waals surface area (Å²) in [5.41, 5.74) is 6.29. The molecule has 0 aliphatic heterocycles. The number of hydrazine groups is 1. The summed E-state index contributed by atoms with van der Waals surface area (Å²) in [4.78, 5) is 4.16. The topological polar surface area (TPSA) is 68.8 Å². The van der Waals surface area contributed by atoms with Crippen LogP contribution < -0.4 is 11.3 Å². The number of nitrogens with one attached hydrogen (secondary N) is 1. The summed E-state index contributed by atoms with van der Waals surface area (Å²) >= 11 is 0. The number of nitrogens with two attached hydrogens (primary N) is 1. The van der Waals surface area contributed by atoms with Gasteiger partial charge in [0, 0.05) is 30.7 Å². The van der Waals surface area contributed by atoms with E-state index in [0.29, 0.717) is 0 Å². The molecule has 1 atom stereocenters. The lowest BCUT2D eigenvalue weighted by Gasteiger charge is -2.17. The van der Waals surface area contributed by atoms with Crippen molar-refractivity contribution in [2.75, 3.05) is 0 Å². The van der Waals surface area contributed by atoms with Crippen molar-refractivity contribution in [3.05, 3.63) is 47.5 Å². The van der Waals surface area contributed by atoms with Gasteiger partial charge in [-0.2, -0.15) is 5.10 Å². The number of aryl methyl sites for hydroxylation is 2. The van der Waals surface area contributed by atoms with E-state index in [0.717, 1.165) is 24.1 Å². The zero-order valence-electron chi connectivity index (χ0n) is 10.8. The van der Waals surface area contributed by atoms with Gasteiger partial charge in [-0.3, -0.25) is 15.5 Å². The summed E-state index contributed by atoms with van der Waals surface area (Å²) in [6.07, 6.45) is 8.49. The van der Waals surface area contributed by atoms with Crippen molar-refractivity contribution in [1.82, 2.24) is 20.2 Å². The van der Waals surface area contributed by atoms with Crippen LogP contribution in [0.25, 0.3) is 0 Å². The van der Waals surface area contributed by atoms with Crippen LogP contribution >= 0.6 is 0 Å². The van der Waals surface area contributed by atoms with Gasteiger partial charge in [0.15, 0.2) is 0 Å². The van der Waals surface area contributed by atoms with Crippen LogP contribution in [0.2, 0.25) is 0 Å². The summed E-state index contributed by atoms with van der Waals surface area (Å²) < 4.78 is 1.90. The number of hydrogen-bond donors (Lipinski definition) is 2. The number of hydrogen-bond acceptors (Lipinski definition) is 4. The second kappa shape index (κ2) is 5.75. The maximum Gasteiger partial charge on any atom is 0.0744 e. The monoisotopic (exact) mass is 245 g/mol. The van der Waals surface area contributed by atoms with Crippen molar-refractivity contribution in [1.29, 1.82) is 0 Å². The molecule has 18 heavy (non-hydrogen) atoms. The molecule has 0 aliphatic rings. The third-order valence-electron chi connectivity index (χ3n) is 3.11. The fraction of sp³-hybridized carbons (Fsp3) is 0.385. The van der Waals surface area contributed by atoms with Gasteiger partial charge in [-0.05, 0) is 30.5 Å². The quantitative estimate of drug-likeness (QED) is 0.617. The van der Waals surface area contributed by atoms with Crippen molar-refractivity contribution in [2.24, 2.45) is 5.84 Å². The molecular weight excluding hydrogens is 226 g/mol. The zero-order valence-corrected chi connectivity index (χ0v) is 10.8. The van der Waals surface area contributed by atoms with Gasteiger partial charge < -0.3 is 0 Å². The van der Waals surface area contributed by atoms with Crippen LogP contribution in [0.1, 0.15) is 36.6 Å². The van der Waals surface area contributed by atoms with E-state index in [4.69, 9.17) is 5.84 Å². The zero-order chi connectivity index (χ0) is 13.0. The first kappa shape index (κ1) is 12.7. The predicted molar refractivity (Wildman–Crippen MR) is 70.7 cm³/mol. The molecule has 5 nitrogen and oxygen atoms in total. The van der Waals surface area contributed by atoms with Gasteiger partial charge in [-0.1, -0.05) is 6.92 Å². The molecule has 3 N–H and O–H groups in total. The molecule has 0 spiro atoms. The van der Waals surface area contributed by atoms with E-state index in [1.165, 1.54) is 5.56 Å². The van der Waals surface area contributed by atoms with Gasteiger partial charge in [-0.15, -0.1) is 0 Å². The van der Waals surface area contributed by atoms with Gasteiger partial charge in [-0.25, -0.2) is 5.43 Å². The van der Waals surface area contributed by atoms with Gasteiger partial charge in [0.25, 0.3) is 0 Å². The van der Waals surface area contributed by atoms with Crippen molar-refractivity contribution < 1.29 is 0 Å². The molecule has 0 saturated heterocycles. The van der Waals surface area contributed by atoms with E-state index >= 15 is 0 Å². The minimum Gasteiger partial charge on any atom is -0.273 e. The van der Waals surface area contributed by atoms with E-state index < -0.39 is 0 Å². The number of nitrogens with zero attached hydrogens (tertiary/aromatic N) is 3. The maximum absolute atomic E-state index is 5.70. The highest BCUT2D eigenvalue weighted by Gasteiger charge is 2.17. The lowest BCUT2D eigenvalue weighted by Crippen LogP contribution is -2.29. The van der Waals surface area contributed by atoms with E-state index in [2.05, 4.69) is 29.4 Å². The molecular formula is C13H19N5. The average molecular weight is 245 g/mol. The van der Waals surface area contributed by atoms with Gasteiger partial charge in [0.2, 0.25) is 0 Å². The van der Waals surface area contributed by atoms with Crippen LogP contribution in [-0.4, -0.2) is 14.8 Å². The Morgan fingerprint density at radius 1 is 1.39 bits per heavy atom. The van der Waals surface area contributed by atoms with Crippen LogP contribution in [0.3, 0.4) is 0 Å². The Balaban J connectivity index is 2.38. The van der Waals surface area contributed by atoms with Gasteiger partial charge in [0.1, 0.15) is 0 Å². The van der Waals surface area contributed by atoms with Crippen molar-refractivity contribution >= 4 is 0 Å². The second-order valence-electron chi connectivity index (χ2n) is 4.16. The molecule has 2 rings (SSSR count). The Kier molecular flexibility index (Phi) is 4.07. The average Bonchev–Trinajstić information content (AvgIpc) is 2.89. The van der Waals surface area contributed by atoms with Gasteiger partial charge >= 0.3 is 0 Å². The minimum absolute atomic E-state index is 0.0387. The first-order valence-electron chi connectivity index (χ1n) is 6.21. The van der Waals surface area contributed by atoms with Crippen molar-refractivity contribution in [3.8, 4) is 0 Å².